The molecule has 1 amide bonds. The molecule has 0 aliphatic carbocycles. The first-order valence-corrected chi connectivity index (χ1v) is 12.0. The molecule has 0 spiro atoms. The average molecular weight is 441 g/mol. The van der Waals surface area contributed by atoms with Crippen LogP contribution in [-0.4, -0.2) is 36.3 Å². The first kappa shape index (κ1) is 25.9. The van der Waals surface area contributed by atoms with Gasteiger partial charge in [-0.1, -0.05) is 69.5 Å². The summed E-state index contributed by atoms with van der Waals surface area (Å²) in [6, 6.07) is 16.0. The highest BCUT2D eigenvalue weighted by molar-refractivity contribution is 5.73. The lowest BCUT2D eigenvalue weighted by Gasteiger charge is -2.24. The van der Waals surface area contributed by atoms with Crippen LogP contribution in [0.25, 0.3) is 0 Å². The molecular weight excluding hydrogens is 400 g/mol. The van der Waals surface area contributed by atoms with Gasteiger partial charge in [-0.3, -0.25) is 4.79 Å². The zero-order chi connectivity index (χ0) is 23.2. The molecule has 0 unspecified atom stereocenters. The second-order valence-corrected chi connectivity index (χ2v) is 8.44. The molecule has 2 aromatic rings. The van der Waals surface area contributed by atoms with Crippen molar-refractivity contribution in [3.05, 3.63) is 65.2 Å². The molecule has 5 nitrogen and oxygen atoms in total. The van der Waals surface area contributed by atoms with Crippen LogP contribution in [0.3, 0.4) is 0 Å². The Morgan fingerprint density at radius 1 is 1.00 bits per heavy atom. The first-order valence-electron chi connectivity index (χ1n) is 12.0. The van der Waals surface area contributed by atoms with Gasteiger partial charge in [0.05, 0.1) is 18.8 Å². The van der Waals surface area contributed by atoms with Gasteiger partial charge >= 0.3 is 0 Å². The number of rotatable bonds is 15. The van der Waals surface area contributed by atoms with Gasteiger partial charge in [0, 0.05) is 20.0 Å². The van der Waals surface area contributed by atoms with Crippen molar-refractivity contribution < 1.29 is 14.6 Å². The van der Waals surface area contributed by atoms with Crippen molar-refractivity contribution in [2.45, 2.75) is 78.0 Å². The summed E-state index contributed by atoms with van der Waals surface area (Å²) >= 11 is 0. The molecule has 0 heterocycles. The lowest BCUT2D eigenvalue weighted by Crippen LogP contribution is -2.48. The maximum absolute atomic E-state index is 11.7. The van der Waals surface area contributed by atoms with Crippen LogP contribution in [0.15, 0.2) is 48.5 Å². The van der Waals surface area contributed by atoms with Gasteiger partial charge in [-0.2, -0.15) is 0 Å². The highest BCUT2D eigenvalue weighted by Crippen LogP contribution is 2.15. The van der Waals surface area contributed by atoms with E-state index in [2.05, 4.69) is 48.7 Å². The minimum Gasteiger partial charge on any atom is -0.494 e. The Morgan fingerprint density at radius 2 is 1.75 bits per heavy atom. The number of aryl methyl sites for hydroxylation is 1. The molecule has 0 radical (unpaired) electrons. The topological polar surface area (TPSA) is 70.6 Å². The number of carbonyl (C=O) groups excluding carboxylic acids is 1. The number of amides is 1. The van der Waals surface area contributed by atoms with Gasteiger partial charge < -0.3 is 20.5 Å². The maximum Gasteiger partial charge on any atom is 0.217 e. The number of hydrogen-bond donors (Lipinski definition) is 3. The molecule has 2 rings (SSSR count). The third kappa shape index (κ3) is 9.84. The number of aliphatic hydroxyl groups is 1. The number of nitrogens with one attached hydrogen (secondary N) is 2. The zero-order valence-electron chi connectivity index (χ0n) is 19.9. The molecule has 0 saturated carbocycles. The molecule has 0 bridgehead atoms. The van der Waals surface area contributed by atoms with E-state index in [1.54, 1.807) is 0 Å². The van der Waals surface area contributed by atoms with Crippen molar-refractivity contribution in [2.24, 2.45) is 0 Å². The lowest BCUT2D eigenvalue weighted by molar-refractivity contribution is -0.120. The zero-order valence-corrected chi connectivity index (χ0v) is 19.9. The molecule has 3 N–H and O–H groups in total. The second kappa shape index (κ2) is 14.6. The monoisotopic (exact) mass is 440 g/mol. The summed E-state index contributed by atoms with van der Waals surface area (Å²) in [5.74, 6) is 0.717. The van der Waals surface area contributed by atoms with Crippen LogP contribution in [0.4, 0.5) is 0 Å². The number of ether oxygens (including phenoxy) is 1. The van der Waals surface area contributed by atoms with Crippen molar-refractivity contribution in [1.29, 1.82) is 0 Å². The fourth-order valence-corrected chi connectivity index (χ4v) is 3.71. The van der Waals surface area contributed by atoms with E-state index in [-0.39, 0.29) is 11.9 Å². The Bertz CT molecular complexity index is 792. The Kier molecular flexibility index (Phi) is 11.8. The van der Waals surface area contributed by atoms with Gasteiger partial charge in [0.1, 0.15) is 5.75 Å². The van der Waals surface area contributed by atoms with E-state index < -0.39 is 6.10 Å². The van der Waals surface area contributed by atoms with Crippen LogP contribution in [0.1, 0.15) is 63.1 Å². The number of hydrogen-bond acceptors (Lipinski definition) is 4. The number of benzene rings is 2. The quantitative estimate of drug-likeness (QED) is 0.359. The summed E-state index contributed by atoms with van der Waals surface area (Å²) in [4.78, 5) is 11.7. The second-order valence-electron chi connectivity index (χ2n) is 8.44. The maximum atomic E-state index is 11.7. The van der Waals surface area contributed by atoms with E-state index in [1.165, 1.54) is 37.3 Å². The molecule has 0 aliphatic heterocycles. The summed E-state index contributed by atoms with van der Waals surface area (Å²) in [6.07, 6.45) is 5.61. The molecule has 5 heteroatoms. The predicted octanol–water partition coefficient (Wildman–Crippen LogP) is 4.41. The molecule has 0 aliphatic rings. The first-order chi connectivity index (χ1) is 15.5. The van der Waals surface area contributed by atoms with Crippen molar-refractivity contribution in [3.8, 4) is 5.75 Å². The van der Waals surface area contributed by atoms with Gasteiger partial charge in [0.15, 0.2) is 0 Å². The summed E-state index contributed by atoms with van der Waals surface area (Å²) < 4.78 is 5.81. The van der Waals surface area contributed by atoms with Gasteiger partial charge in [-0.15, -0.1) is 0 Å². The predicted molar refractivity (Wildman–Crippen MR) is 131 cm³/mol. The summed E-state index contributed by atoms with van der Waals surface area (Å²) in [5.41, 5.74) is 3.55. The van der Waals surface area contributed by atoms with Crippen LogP contribution in [0.2, 0.25) is 0 Å². The van der Waals surface area contributed by atoms with Crippen LogP contribution in [-0.2, 0) is 24.2 Å². The van der Waals surface area contributed by atoms with Crippen LogP contribution >= 0.6 is 0 Å². The Balaban J connectivity index is 1.85. The highest BCUT2D eigenvalue weighted by atomic mass is 16.5. The number of aliphatic hydroxyl groups excluding tert-OH is 1. The van der Waals surface area contributed by atoms with Gasteiger partial charge in [0.25, 0.3) is 0 Å². The number of carbonyl (C=O) groups is 1. The Hall–Kier alpha value is -2.37. The standard InChI is InChI=1S/C27H40N2O3/c1-4-6-7-8-16-32-25-14-12-23(13-15-25)18-26(29-21(3)30)27(31)20-28-19-24-11-9-10-22(5-2)17-24/h9-15,17,26-28,31H,4-8,16,18-20H2,1-3H3,(H,29,30)/t26-,27+/m0/s1. The van der Waals surface area contributed by atoms with Crippen LogP contribution < -0.4 is 15.4 Å². The summed E-state index contributed by atoms with van der Waals surface area (Å²) in [5, 5.41) is 17.0. The molecule has 2 aromatic carbocycles. The highest BCUT2D eigenvalue weighted by Gasteiger charge is 2.20. The molecule has 0 fully saturated rings. The SMILES string of the molecule is CCCCCCOc1ccc(C[C@H](NC(C)=O)[C@H](O)CNCc2cccc(CC)c2)cc1. The van der Waals surface area contributed by atoms with Gasteiger partial charge in [-0.05, 0) is 48.1 Å². The lowest BCUT2D eigenvalue weighted by atomic mass is 10.0. The summed E-state index contributed by atoms with van der Waals surface area (Å²) in [7, 11) is 0. The fraction of sp³-hybridized carbons (Fsp3) is 0.519. The third-order valence-electron chi connectivity index (χ3n) is 5.58. The molecule has 2 atom stereocenters. The number of unbranched alkanes of at least 4 members (excludes halogenated alkanes) is 3. The molecule has 32 heavy (non-hydrogen) atoms. The van der Waals surface area contributed by atoms with Crippen molar-refractivity contribution >= 4 is 5.91 Å². The largest absolute Gasteiger partial charge is 0.494 e. The van der Waals surface area contributed by atoms with E-state index in [1.807, 2.05) is 24.3 Å². The minimum atomic E-state index is -0.692. The normalized spacial score (nSPS) is 12.9. The summed E-state index contributed by atoms with van der Waals surface area (Å²) in [6.45, 7) is 7.65. The van der Waals surface area contributed by atoms with E-state index in [9.17, 15) is 9.90 Å². The molecular formula is C27H40N2O3. The smallest absolute Gasteiger partial charge is 0.217 e. The van der Waals surface area contributed by atoms with E-state index in [0.717, 1.165) is 30.8 Å². The van der Waals surface area contributed by atoms with Gasteiger partial charge in [0.2, 0.25) is 5.91 Å². The molecule has 0 saturated heterocycles. The Morgan fingerprint density at radius 3 is 2.44 bits per heavy atom. The van der Waals surface area contributed by atoms with Crippen LogP contribution in [0.5, 0.6) is 5.75 Å². The van der Waals surface area contributed by atoms with E-state index in [4.69, 9.17) is 4.74 Å². The van der Waals surface area contributed by atoms with E-state index >= 15 is 0 Å². The van der Waals surface area contributed by atoms with Crippen molar-refractivity contribution in [1.82, 2.24) is 10.6 Å². The average Bonchev–Trinajstić information content (AvgIpc) is 2.79. The van der Waals surface area contributed by atoms with Crippen molar-refractivity contribution in [3.63, 3.8) is 0 Å². The Labute approximate surface area is 193 Å². The van der Waals surface area contributed by atoms with Gasteiger partial charge in [-0.25, -0.2) is 0 Å². The fourth-order valence-electron chi connectivity index (χ4n) is 3.71. The van der Waals surface area contributed by atoms with Crippen molar-refractivity contribution in [2.75, 3.05) is 13.2 Å². The van der Waals surface area contributed by atoms with E-state index in [0.29, 0.717) is 19.5 Å². The van der Waals surface area contributed by atoms with Crippen LogP contribution in [0, 0.1) is 0 Å². The molecule has 176 valence electrons. The minimum absolute atomic E-state index is 0.142. The third-order valence-corrected chi connectivity index (χ3v) is 5.58. The molecule has 0 aromatic heterocycles.